The van der Waals surface area contributed by atoms with Crippen LogP contribution in [-0.2, 0) is 6.54 Å². The molecule has 1 aliphatic rings. The first kappa shape index (κ1) is 10.2. The highest BCUT2D eigenvalue weighted by Crippen LogP contribution is 2.18. The van der Waals surface area contributed by atoms with Crippen LogP contribution < -0.4 is 5.32 Å². The zero-order valence-electron chi connectivity index (χ0n) is 9.10. The van der Waals surface area contributed by atoms with Crippen molar-refractivity contribution >= 4 is 17.3 Å². The number of nitrogens with zero attached hydrogens (tertiary/aromatic N) is 2. The number of fused-ring (bicyclic) bond motifs is 1. The Kier molecular flexibility index (Phi) is 2.84. The van der Waals surface area contributed by atoms with Gasteiger partial charge in [0.05, 0.1) is 11.7 Å². The molecule has 1 fully saturated rings. The molecule has 0 aromatic carbocycles. The molecule has 2 aromatic rings. The summed E-state index contributed by atoms with van der Waals surface area (Å²) < 4.78 is 1.93. The lowest BCUT2D eigenvalue weighted by Gasteiger charge is -2.09. The molecule has 16 heavy (non-hydrogen) atoms. The van der Waals surface area contributed by atoms with E-state index in [-0.39, 0.29) is 0 Å². The number of aromatic nitrogens is 2. The van der Waals surface area contributed by atoms with Crippen LogP contribution >= 0.6 is 11.8 Å². The topological polar surface area (TPSA) is 29.3 Å². The second-order valence-corrected chi connectivity index (χ2v) is 5.29. The summed E-state index contributed by atoms with van der Waals surface area (Å²) in [5.41, 5.74) is 2.50. The SMILES string of the molecule is c1ccn2ncc(CNC3CCSC3)c2c1. The molecule has 3 heterocycles. The number of rotatable bonds is 3. The Hall–Kier alpha value is -1.00. The fraction of sp³-hybridized carbons (Fsp3) is 0.417. The van der Waals surface area contributed by atoms with E-state index in [2.05, 4.69) is 22.5 Å². The third-order valence-corrected chi connectivity index (χ3v) is 4.18. The average Bonchev–Trinajstić information content (AvgIpc) is 2.96. The summed E-state index contributed by atoms with van der Waals surface area (Å²) >= 11 is 2.04. The highest BCUT2D eigenvalue weighted by molar-refractivity contribution is 7.99. The fourth-order valence-corrected chi connectivity index (χ4v) is 3.26. The minimum absolute atomic E-state index is 0.684. The molecule has 1 saturated heterocycles. The maximum Gasteiger partial charge on any atom is 0.0706 e. The Bertz CT molecular complexity index is 474. The van der Waals surface area contributed by atoms with E-state index >= 15 is 0 Å². The number of hydrogen-bond acceptors (Lipinski definition) is 3. The Labute approximate surface area is 99.2 Å². The molecule has 1 aliphatic heterocycles. The van der Waals surface area contributed by atoms with Gasteiger partial charge in [-0.2, -0.15) is 16.9 Å². The van der Waals surface area contributed by atoms with Gasteiger partial charge in [0.25, 0.3) is 0 Å². The highest BCUT2D eigenvalue weighted by atomic mass is 32.2. The summed E-state index contributed by atoms with van der Waals surface area (Å²) in [6.07, 6.45) is 5.25. The lowest BCUT2D eigenvalue weighted by Crippen LogP contribution is -2.27. The number of hydrogen-bond donors (Lipinski definition) is 1. The van der Waals surface area contributed by atoms with Crippen molar-refractivity contribution < 1.29 is 0 Å². The molecule has 0 radical (unpaired) electrons. The van der Waals surface area contributed by atoms with E-state index in [1.165, 1.54) is 29.0 Å². The van der Waals surface area contributed by atoms with Crippen LogP contribution in [0.1, 0.15) is 12.0 Å². The maximum atomic E-state index is 4.34. The molecule has 1 atom stereocenters. The van der Waals surface area contributed by atoms with Crippen LogP contribution in [0.2, 0.25) is 0 Å². The average molecular weight is 233 g/mol. The summed E-state index contributed by atoms with van der Waals surface area (Å²) in [7, 11) is 0. The van der Waals surface area contributed by atoms with Gasteiger partial charge < -0.3 is 5.32 Å². The molecule has 2 aromatic heterocycles. The van der Waals surface area contributed by atoms with Crippen molar-refractivity contribution in [3.05, 3.63) is 36.2 Å². The first-order chi connectivity index (χ1) is 7.93. The fourth-order valence-electron chi connectivity index (χ4n) is 2.07. The van der Waals surface area contributed by atoms with Crippen LogP contribution in [0.25, 0.3) is 5.52 Å². The second-order valence-electron chi connectivity index (χ2n) is 4.14. The minimum atomic E-state index is 0.684. The van der Waals surface area contributed by atoms with E-state index in [1.54, 1.807) is 0 Å². The molecule has 0 amide bonds. The molecular weight excluding hydrogens is 218 g/mol. The quantitative estimate of drug-likeness (QED) is 0.878. The third kappa shape index (κ3) is 1.95. The number of thioether (sulfide) groups is 1. The molecule has 0 spiro atoms. The Morgan fingerprint density at radius 3 is 3.38 bits per heavy atom. The van der Waals surface area contributed by atoms with Gasteiger partial charge in [0.2, 0.25) is 0 Å². The van der Waals surface area contributed by atoms with Crippen LogP contribution in [0.4, 0.5) is 0 Å². The molecular formula is C12H15N3S. The lowest BCUT2D eigenvalue weighted by atomic mass is 10.2. The van der Waals surface area contributed by atoms with Gasteiger partial charge in [0.15, 0.2) is 0 Å². The molecule has 1 N–H and O–H groups in total. The summed E-state index contributed by atoms with van der Waals surface area (Å²) in [4.78, 5) is 0. The summed E-state index contributed by atoms with van der Waals surface area (Å²) in [5.74, 6) is 2.55. The number of nitrogens with one attached hydrogen (secondary N) is 1. The van der Waals surface area contributed by atoms with Crippen molar-refractivity contribution in [2.75, 3.05) is 11.5 Å². The van der Waals surface area contributed by atoms with Crippen molar-refractivity contribution in [3.63, 3.8) is 0 Å². The van der Waals surface area contributed by atoms with E-state index in [0.29, 0.717) is 6.04 Å². The van der Waals surface area contributed by atoms with E-state index < -0.39 is 0 Å². The molecule has 84 valence electrons. The standard InChI is InChI=1S/C12H15N3S/c1-2-5-15-12(3-1)10(8-14-15)7-13-11-4-6-16-9-11/h1-3,5,8,11,13H,4,6-7,9H2. The molecule has 0 bridgehead atoms. The molecule has 4 heteroatoms. The second kappa shape index (κ2) is 4.47. The predicted octanol–water partition coefficient (Wildman–Crippen LogP) is 1.93. The van der Waals surface area contributed by atoms with E-state index in [9.17, 15) is 0 Å². The van der Waals surface area contributed by atoms with Gasteiger partial charge in [0, 0.05) is 30.1 Å². The minimum Gasteiger partial charge on any atom is -0.309 e. The first-order valence-corrected chi connectivity index (χ1v) is 6.81. The summed E-state index contributed by atoms with van der Waals surface area (Å²) in [6, 6.07) is 6.87. The van der Waals surface area contributed by atoms with Crippen molar-refractivity contribution in [2.24, 2.45) is 0 Å². The Balaban J connectivity index is 1.73. The van der Waals surface area contributed by atoms with E-state index in [0.717, 1.165) is 6.54 Å². The first-order valence-electron chi connectivity index (χ1n) is 5.66. The van der Waals surface area contributed by atoms with Crippen molar-refractivity contribution in [2.45, 2.75) is 19.0 Å². The van der Waals surface area contributed by atoms with E-state index in [4.69, 9.17) is 0 Å². The van der Waals surface area contributed by atoms with Crippen molar-refractivity contribution in [1.29, 1.82) is 0 Å². The molecule has 1 unspecified atom stereocenters. The van der Waals surface area contributed by atoms with Crippen molar-refractivity contribution in [1.82, 2.24) is 14.9 Å². The normalized spacial score (nSPS) is 20.6. The van der Waals surface area contributed by atoms with E-state index in [1.807, 2.05) is 34.7 Å². The smallest absolute Gasteiger partial charge is 0.0706 e. The van der Waals surface area contributed by atoms with Crippen LogP contribution in [0.3, 0.4) is 0 Å². The van der Waals surface area contributed by atoms with Gasteiger partial charge in [-0.1, -0.05) is 6.07 Å². The molecule has 3 rings (SSSR count). The van der Waals surface area contributed by atoms with Gasteiger partial charge in [0.1, 0.15) is 0 Å². The summed E-state index contributed by atoms with van der Waals surface area (Å²) in [5, 5.41) is 7.94. The van der Waals surface area contributed by atoms with Gasteiger partial charge >= 0.3 is 0 Å². The van der Waals surface area contributed by atoms with Crippen LogP contribution in [0, 0.1) is 0 Å². The van der Waals surface area contributed by atoms with Gasteiger partial charge in [-0.05, 0) is 24.3 Å². The lowest BCUT2D eigenvalue weighted by molar-refractivity contribution is 0.559. The molecule has 0 saturated carbocycles. The maximum absolute atomic E-state index is 4.34. The van der Waals surface area contributed by atoms with Gasteiger partial charge in [-0.3, -0.25) is 0 Å². The zero-order chi connectivity index (χ0) is 10.8. The van der Waals surface area contributed by atoms with Crippen molar-refractivity contribution in [3.8, 4) is 0 Å². The highest BCUT2D eigenvalue weighted by Gasteiger charge is 2.15. The van der Waals surface area contributed by atoms with Gasteiger partial charge in [-0.25, -0.2) is 4.52 Å². The predicted molar refractivity (Wildman–Crippen MR) is 67.8 cm³/mol. The Morgan fingerprint density at radius 2 is 2.50 bits per heavy atom. The van der Waals surface area contributed by atoms with Crippen LogP contribution in [0.5, 0.6) is 0 Å². The molecule has 0 aliphatic carbocycles. The zero-order valence-corrected chi connectivity index (χ0v) is 9.91. The summed E-state index contributed by atoms with van der Waals surface area (Å²) in [6.45, 7) is 0.929. The van der Waals surface area contributed by atoms with Gasteiger partial charge in [-0.15, -0.1) is 0 Å². The third-order valence-electron chi connectivity index (χ3n) is 3.02. The van der Waals surface area contributed by atoms with Crippen LogP contribution in [0.15, 0.2) is 30.6 Å². The largest absolute Gasteiger partial charge is 0.309 e. The Morgan fingerprint density at radius 1 is 1.50 bits per heavy atom. The molecule has 3 nitrogen and oxygen atoms in total. The number of pyridine rings is 1. The monoisotopic (exact) mass is 233 g/mol. The van der Waals surface area contributed by atoms with Crippen LogP contribution in [-0.4, -0.2) is 27.2 Å².